The minimum atomic E-state index is -1.57. The smallest absolute Gasteiger partial charge is 0.262 e. The van der Waals surface area contributed by atoms with E-state index in [9.17, 15) is 14.4 Å². The third-order valence-electron chi connectivity index (χ3n) is 9.47. The van der Waals surface area contributed by atoms with E-state index in [4.69, 9.17) is 26.7 Å². The minimum absolute atomic E-state index is 0.0766. The monoisotopic (exact) mass is 639 g/mol. The minimum Gasteiger partial charge on any atom is -0.457 e. The van der Waals surface area contributed by atoms with Crippen molar-refractivity contribution in [2.45, 2.75) is 43.8 Å². The number of anilines is 1. The number of likely N-dealkylation sites (tertiary alicyclic amines) is 1. The number of aryl methyl sites for hydroxylation is 1. The van der Waals surface area contributed by atoms with E-state index in [2.05, 4.69) is 5.32 Å². The molecule has 4 aromatic rings. The fourth-order valence-corrected chi connectivity index (χ4v) is 8.33. The molecular formula is C35H37N5O5S. The normalized spacial score (nSPS) is 24.3. The number of nitrogens with two attached hydrogens (primary N) is 3. The molecule has 2 unspecified atom stereocenters. The molecule has 0 bridgehead atoms. The van der Waals surface area contributed by atoms with Crippen molar-refractivity contribution < 1.29 is 23.9 Å². The maximum Gasteiger partial charge on any atom is 0.262 e. The molecule has 10 nitrogen and oxygen atoms in total. The maximum atomic E-state index is 14.3. The molecule has 7 N–H and O–H groups in total. The fraction of sp³-hybridized carbons (Fsp3) is 0.343. The van der Waals surface area contributed by atoms with Crippen LogP contribution in [-0.2, 0) is 19.9 Å². The van der Waals surface area contributed by atoms with Crippen LogP contribution < -0.4 is 27.3 Å². The number of piperidine rings is 1. The number of nitrogens with zero attached hydrogens (tertiary/aromatic N) is 1. The van der Waals surface area contributed by atoms with Crippen LogP contribution in [0.4, 0.5) is 5.69 Å². The first-order valence-electron chi connectivity index (χ1n) is 15.6. The molecule has 3 aromatic carbocycles. The lowest BCUT2D eigenvalue weighted by Crippen LogP contribution is -2.53. The van der Waals surface area contributed by atoms with Gasteiger partial charge in [-0.3, -0.25) is 14.4 Å². The maximum absolute atomic E-state index is 14.3. The number of thiophene rings is 1. The summed E-state index contributed by atoms with van der Waals surface area (Å²) in [7, 11) is 0. The Balaban J connectivity index is 1.21. The zero-order valence-electron chi connectivity index (χ0n) is 25.6. The third-order valence-corrected chi connectivity index (χ3v) is 10.7. The van der Waals surface area contributed by atoms with Gasteiger partial charge in [-0.1, -0.05) is 30.3 Å². The zero-order chi connectivity index (χ0) is 32.2. The van der Waals surface area contributed by atoms with Gasteiger partial charge in [0.05, 0.1) is 28.1 Å². The van der Waals surface area contributed by atoms with E-state index in [1.807, 2.05) is 48.2 Å². The molecule has 4 atom stereocenters. The number of hydrogen-bond acceptors (Lipinski definition) is 9. The molecule has 2 fully saturated rings. The number of nitrogen functional groups attached to an aromatic ring is 1. The van der Waals surface area contributed by atoms with Gasteiger partial charge < -0.3 is 36.9 Å². The molecule has 3 aliphatic rings. The number of nitrogens with one attached hydrogen (secondary N) is 1. The van der Waals surface area contributed by atoms with Gasteiger partial charge in [-0.2, -0.15) is 0 Å². The Hall–Kier alpha value is -4.29. The molecule has 7 rings (SSSR count). The number of benzene rings is 3. The Morgan fingerprint density at radius 3 is 2.59 bits per heavy atom. The van der Waals surface area contributed by atoms with Crippen LogP contribution in [0.5, 0.6) is 11.5 Å². The number of rotatable bonds is 6. The van der Waals surface area contributed by atoms with E-state index in [0.717, 1.165) is 24.8 Å². The van der Waals surface area contributed by atoms with Crippen LogP contribution >= 0.6 is 11.3 Å². The molecule has 238 valence electrons. The highest BCUT2D eigenvalue weighted by atomic mass is 32.1. The molecule has 46 heavy (non-hydrogen) atoms. The van der Waals surface area contributed by atoms with Crippen molar-refractivity contribution in [2.75, 3.05) is 32.0 Å². The lowest BCUT2D eigenvalue weighted by atomic mass is 9.69. The summed E-state index contributed by atoms with van der Waals surface area (Å²) in [6.07, 6.45) is 2.24. The standard InChI is InChI=1S/C35H37N5O5S/c1-19-16-23(45-22-7-3-2-4-8-22)9-10-24(19)35(38)25-11-12-26(36)30-27(25)28(29(37)32(35)41)31(46-30)33(42)39-21-6-5-14-40(17-21)34(43)20-13-15-44-18-20/h2-4,7-12,16,20-21,29H,5-6,13-15,17-18,36-38H2,1H3,(H,39,42)/t20-,21-,29?,35?/m1/s1. The van der Waals surface area contributed by atoms with Crippen LogP contribution in [0.25, 0.3) is 10.1 Å². The van der Waals surface area contributed by atoms with Gasteiger partial charge in [0.2, 0.25) is 5.91 Å². The lowest BCUT2D eigenvalue weighted by Gasteiger charge is -2.37. The number of para-hydroxylation sites is 1. The van der Waals surface area contributed by atoms with Gasteiger partial charge in [0.1, 0.15) is 17.0 Å². The number of hydrogen-bond donors (Lipinski definition) is 4. The molecule has 2 aliphatic heterocycles. The predicted molar refractivity (Wildman–Crippen MR) is 177 cm³/mol. The van der Waals surface area contributed by atoms with Gasteiger partial charge in [-0.05, 0) is 73.2 Å². The van der Waals surface area contributed by atoms with Gasteiger partial charge in [0, 0.05) is 42.4 Å². The highest BCUT2D eigenvalue weighted by Crippen LogP contribution is 2.50. The van der Waals surface area contributed by atoms with Crippen molar-refractivity contribution in [3.63, 3.8) is 0 Å². The summed E-state index contributed by atoms with van der Waals surface area (Å²) >= 11 is 1.22. The number of ether oxygens (including phenoxy) is 2. The quantitative estimate of drug-likeness (QED) is 0.229. The molecule has 0 saturated carbocycles. The predicted octanol–water partition coefficient (Wildman–Crippen LogP) is 4.13. The Morgan fingerprint density at radius 2 is 1.85 bits per heavy atom. The fourth-order valence-electron chi connectivity index (χ4n) is 7.13. The summed E-state index contributed by atoms with van der Waals surface area (Å²) < 4.78 is 12.1. The topological polar surface area (TPSA) is 163 Å². The van der Waals surface area contributed by atoms with Crippen molar-refractivity contribution in [1.29, 1.82) is 0 Å². The molecular weight excluding hydrogens is 602 g/mol. The Morgan fingerprint density at radius 1 is 1.07 bits per heavy atom. The highest BCUT2D eigenvalue weighted by Gasteiger charge is 2.49. The second-order valence-corrected chi connectivity index (χ2v) is 13.5. The molecule has 1 aliphatic carbocycles. The average molecular weight is 640 g/mol. The van der Waals surface area contributed by atoms with E-state index in [1.165, 1.54) is 11.3 Å². The molecule has 1 aromatic heterocycles. The summed E-state index contributed by atoms with van der Waals surface area (Å²) in [5.41, 5.74) is 21.5. The van der Waals surface area contributed by atoms with Crippen LogP contribution in [0, 0.1) is 12.8 Å². The summed E-state index contributed by atoms with van der Waals surface area (Å²) in [4.78, 5) is 43.4. The van der Waals surface area contributed by atoms with Crippen LogP contribution in [-0.4, -0.2) is 54.8 Å². The lowest BCUT2D eigenvalue weighted by molar-refractivity contribution is -0.136. The molecule has 0 spiro atoms. The summed E-state index contributed by atoms with van der Waals surface area (Å²) in [6, 6.07) is 17.0. The highest BCUT2D eigenvalue weighted by molar-refractivity contribution is 7.21. The van der Waals surface area contributed by atoms with Crippen LogP contribution in [0.2, 0.25) is 0 Å². The van der Waals surface area contributed by atoms with Gasteiger partial charge >= 0.3 is 0 Å². The first-order valence-corrected chi connectivity index (χ1v) is 16.4. The van der Waals surface area contributed by atoms with Gasteiger partial charge in [0.15, 0.2) is 5.78 Å². The zero-order valence-corrected chi connectivity index (χ0v) is 26.4. The van der Waals surface area contributed by atoms with E-state index >= 15 is 0 Å². The van der Waals surface area contributed by atoms with Crippen molar-refractivity contribution in [1.82, 2.24) is 10.2 Å². The molecule has 2 saturated heterocycles. The Kier molecular flexibility index (Phi) is 7.80. The van der Waals surface area contributed by atoms with Crippen LogP contribution in [0.3, 0.4) is 0 Å². The van der Waals surface area contributed by atoms with Crippen LogP contribution in [0.15, 0.2) is 60.7 Å². The van der Waals surface area contributed by atoms with E-state index < -0.39 is 17.4 Å². The van der Waals surface area contributed by atoms with Gasteiger partial charge in [0.25, 0.3) is 5.91 Å². The third kappa shape index (κ3) is 5.04. The molecule has 3 heterocycles. The largest absolute Gasteiger partial charge is 0.457 e. The number of carbonyl (C=O) groups is 3. The number of ketones is 1. The van der Waals surface area contributed by atoms with Crippen molar-refractivity contribution in [3.8, 4) is 11.5 Å². The second kappa shape index (κ2) is 11.8. The summed E-state index contributed by atoms with van der Waals surface area (Å²) in [5.74, 6) is 0.508. The van der Waals surface area contributed by atoms with Crippen molar-refractivity contribution in [2.24, 2.45) is 17.4 Å². The molecule has 0 radical (unpaired) electrons. The first-order chi connectivity index (χ1) is 22.2. The summed E-state index contributed by atoms with van der Waals surface area (Å²) in [5, 5.41) is 3.77. The molecule has 11 heteroatoms. The Bertz CT molecular complexity index is 1850. The number of carbonyl (C=O) groups excluding carboxylic acids is 3. The average Bonchev–Trinajstić information content (AvgIpc) is 3.74. The van der Waals surface area contributed by atoms with E-state index in [-0.39, 0.29) is 23.8 Å². The van der Waals surface area contributed by atoms with E-state index in [1.54, 1.807) is 24.3 Å². The number of amides is 2. The van der Waals surface area contributed by atoms with Gasteiger partial charge in [-0.15, -0.1) is 11.3 Å². The Labute approximate surface area is 270 Å². The summed E-state index contributed by atoms with van der Waals surface area (Å²) in [6.45, 7) is 4.01. The SMILES string of the molecule is Cc1cc(Oc2ccccc2)ccc1C1(N)C(=O)C(N)c2c(C(=O)N[C@@H]3CCCN(C(=O)[C@@H]4CCOC4)C3)sc3c(N)ccc1c23. The molecule has 2 amide bonds. The van der Waals surface area contributed by atoms with E-state index in [0.29, 0.717) is 75.1 Å². The number of Topliss-reactive ketones (excluding diaryl/α,β-unsaturated/α-hetero) is 1. The first kappa shape index (κ1) is 30.4. The van der Waals surface area contributed by atoms with Crippen molar-refractivity contribution in [3.05, 3.63) is 87.8 Å². The van der Waals surface area contributed by atoms with Crippen molar-refractivity contribution >= 4 is 44.7 Å². The van der Waals surface area contributed by atoms with Crippen LogP contribution in [0.1, 0.15) is 57.2 Å². The second-order valence-electron chi connectivity index (χ2n) is 12.5. The van der Waals surface area contributed by atoms with Gasteiger partial charge in [-0.25, -0.2) is 0 Å².